The van der Waals surface area contributed by atoms with E-state index in [4.69, 9.17) is 0 Å². The minimum absolute atomic E-state index is 0.330. The number of hydrogen-bond acceptors (Lipinski definition) is 4. The molecule has 2 saturated heterocycles. The number of amides is 1. The van der Waals surface area contributed by atoms with Crippen molar-refractivity contribution < 1.29 is 26.6 Å². The third-order valence-electron chi connectivity index (χ3n) is 3.84. The van der Waals surface area contributed by atoms with Crippen molar-refractivity contribution in [3.63, 3.8) is 0 Å². The van der Waals surface area contributed by atoms with Crippen LogP contribution in [0.5, 0.6) is 0 Å². The van der Waals surface area contributed by atoms with E-state index in [1.165, 1.54) is 13.8 Å². The summed E-state index contributed by atoms with van der Waals surface area (Å²) in [6.07, 6.45) is 0. The van der Waals surface area contributed by atoms with Gasteiger partial charge in [-0.15, -0.1) is 0 Å². The molecule has 0 saturated carbocycles. The summed E-state index contributed by atoms with van der Waals surface area (Å²) in [6.45, 7) is 2.75. The molecule has 2 aliphatic rings. The normalized spacial score (nSPS) is 46.2. The summed E-state index contributed by atoms with van der Waals surface area (Å²) in [5.74, 6) is -1.59. The van der Waals surface area contributed by atoms with Gasteiger partial charge in [-0.3, -0.25) is 0 Å². The number of carbonyl (C=O) groups is 2. The Hall–Kier alpha value is 0.530. The maximum atomic E-state index is 12.3. The van der Waals surface area contributed by atoms with E-state index in [0.717, 1.165) is 0 Å². The van der Waals surface area contributed by atoms with Gasteiger partial charge in [0.15, 0.2) is 0 Å². The third-order valence-corrected chi connectivity index (χ3v) is 9.99. The van der Waals surface area contributed by atoms with Gasteiger partial charge in [0.05, 0.1) is 0 Å². The van der Waals surface area contributed by atoms with E-state index in [1.807, 2.05) is 0 Å². The van der Waals surface area contributed by atoms with Crippen molar-refractivity contribution in [2.75, 3.05) is 0 Å². The molecular weight excluding hydrogens is 325 g/mol. The second-order valence-electron chi connectivity index (χ2n) is 5.09. The van der Waals surface area contributed by atoms with Crippen LogP contribution in [0.2, 0.25) is 3.17 Å². The first-order chi connectivity index (χ1) is 7.50. The van der Waals surface area contributed by atoms with Crippen molar-refractivity contribution >= 4 is 65.8 Å². The van der Waals surface area contributed by atoms with Crippen molar-refractivity contribution in [1.82, 2.24) is 0 Å². The molecule has 1 amide bonds. The molecule has 4 atom stereocenters. The third kappa shape index (κ3) is 1.31. The van der Waals surface area contributed by atoms with E-state index in [0.29, 0.717) is 27.9 Å². The second kappa shape index (κ2) is 3.55. The molecule has 0 aliphatic carbocycles. The molecule has 2 fully saturated rings. The van der Waals surface area contributed by atoms with Crippen LogP contribution in [0.3, 0.4) is 0 Å². The molecule has 2 heterocycles. The summed E-state index contributed by atoms with van der Waals surface area (Å²) in [4.78, 5) is 23.2. The molecule has 9 heteroatoms. The molecule has 1 unspecified atom stereocenters. The van der Waals surface area contributed by atoms with Crippen LogP contribution in [0, 0.1) is 0 Å². The molecule has 0 spiro atoms. The zero-order valence-electron chi connectivity index (χ0n) is 9.55. The van der Waals surface area contributed by atoms with E-state index in [9.17, 15) is 23.1 Å². The fraction of sp³-hybridized carbons (Fsp3) is 0.750. The van der Waals surface area contributed by atoms with Crippen molar-refractivity contribution in [2.45, 2.75) is 33.2 Å². The van der Waals surface area contributed by atoms with Crippen LogP contribution in [-0.4, -0.2) is 73.0 Å². The van der Waals surface area contributed by atoms with Crippen LogP contribution < -0.4 is 0 Å². The van der Waals surface area contributed by atoms with Crippen LogP contribution in [0.15, 0.2) is 0 Å². The van der Waals surface area contributed by atoms with Crippen LogP contribution in [0.1, 0.15) is 13.8 Å². The van der Waals surface area contributed by atoms with Crippen molar-refractivity contribution in [1.29, 1.82) is 0 Å². The number of halogens is 1. The van der Waals surface area contributed by atoms with Crippen molar-refractivity contribution in [3.8, 4) is 0 Å². The Morgan fingerprint density at radius 3 is 2.41 bits per heavy atom. The van der Waals surface area contributed by atoms with Gasteiger partial charge in [0.25, 0.3) is 0 Å². The van der Waals surface area contributed by atoms with Gasteiger partial charge in [-0.05, 0) is 0 Å². The zero-order chi connectivity index (χ0) is 13.4. The summed E-state index contributed by atoms with van der Waals surface area (Å²) in [6, 6.07) is -1.28. The molecule has 0 radical (unpaired) electrons. The predicted molar refractivity (Wildman–Crippen MR) is 61.9 cm³/mol. The van der Waals surface area contributed by atoms with E-state index >= 15 is 0 Å². The fourth-order valence-electron chi connectivity index (χ4n) is 2.92. The predicted octanol–water partition coefficient (Wildman–Crippen LogP) is -0.403. The van der Waals surface area contributed by atoms with Gasteiger partial charge in [-0.25, -0.2) is 0 Å². The Morgan fingerprint density at radius 1 is 1.53 bits per heavy atom. The first-order valence-corrected chi connectivity index (χ1v) is 8.50. The number of fused-ring (bicyclic) bond motifs is 1. The monoisotopic (exact) mass is 334 g/mol. The molecular formula is C8H10BrNNaO5S+. The number of carboxylic acids is 1. The van der Waals surface area contributed by atoms with Gasteiger partial charge >= 0.3 is 126 Å². The number of hydrogen-bond donors (Lipinski definition) is 1. The Bertz CT molecular complexity index is 532. The molecule has 17 heavy (non-hydrogen) atoms. The number of aliphatic carboxylic acids is 1. The molecule has 1 N–H and O–H groups in total. The summed E-state index contributed by atoms with van der Waals surface area (Å²) >= 11 is 3.48. The molecule has 0 aromatic rings. The summed E-state index contributed by atoms with van der Waals surface area (Å²) in [5.41, 5.74) is 0. The Kier molecular flexibility index (Phi) is 2.91. The minimum atomic E-state index is -3.64. The average molecular weight is 335 g/mol. The number of carboxylic acid groups (broad SMARTS) is 1. The Balaban J connectivity index is 2.72. The van der Waals surface area contributed by atoms with E-state index < -0.39 is 38.6 Å². The number of nitrogens with zero attached hydrogens (tertiary/aromatic N) is 1. The van der Waals surface area contributed by atoms with Crippen molar-refractivity contribution in [2.24, 2.45) is 0 Å². The Morgan fingerprint density at radius 2 is 2.00 bits per heavy atom. The summed E-state index contributed by atoms with van der Waals surface area (Å²) in [5, 5.41) is 8.29. The van der Waals surface area contributed by atoms with Gasteiger partial charge < -0.3 is 0 Å². The number of carbonyl (C=O) groups excluding carboxylic acids is 1. The summed E-state index contributed by atoms with van der Waals surface area (Å²) < 4.78 is 22.0. The quantitative estimate of drug-likeness (QED) is 0.400. The zero-order valence-corrected chi connectivity index (χ0v) is 13.9. The topological polar surface area (TPSA) is 88.5 Å². The number of quaternary nitrogens is 1. The second-order valence-corrected chi connectivity index (χ2v) is 10.1. The molecule has 0 bridgehead atoms. The van der Waals surface area contributed by atoms with Gasteiger partial charge in [0.1, 0.15) is 0 Å². The first kappa shape index (κ1) is 14.0. The van der Waals surface area contributed by atoms with Gasteiger partial charge in [-0.2, -0.15) is 0 Å². The first-order valence-electron chi connectivity index (χ1n) is 5.09. The number of rotatable bonds is 1. The molecule has 90 valence electrons. The van der Waals surface area contributed by atoms with E-state index in [-0.39, 0.29) is 5.91 Å². The van der Waals surface area contributed by atoms with E-state index in [1.54, 1.807) is 0 Å². The average Bonchev–Trinajstić information content (AvgIpc) is 2.25. The van der Waals surface area contributed by atoms with Crippen molar-refractivity contribution in [3.05, 3.63) is 0 Å². The fourth-order valence-corrected chi connectivity index (χ4v) is 10.4. The van der Waals surface area contributed by atoms with Crippen LogP contribution in [-0.2, 0) is 19.4 Å². The van der Waals surface area contributed by atoms with Crippen LogP contribution >= 0.6 is 16.1 Å². The SMILES string of the molecule is CC1(C)[C@H](C(=O)O)[N+]2(Br)C(=O)[C@@H]([Na])[C@H]2S1(=O)=O. The molecule has 2 aliphatic heterocycles. The number of β-lactam (4-membered cyclic amide) rings is 1. The summed E-state index contributed by atoms with van der Waals surface area (Å²) in [7, 11) is -3.64. The molecule has 0 aromatic carbocycles. The van der Waals surface area contributed by atoms with Crippen LogP contribution in [0.4, 0.5) is 0 Å². The van der Waals surface area contributed by atoms with E-state index in [2.05, 4.69) is 16.1 Å². The van der Waals surface area contributed by atoms with Gasteiger partial charge in [0.2, 0.25) is 0 Å². The Labute approximate surface area is 125 Å². The number of sulfone groups is 1. The standard InChI is InChI=1S/C8H9BrNO5S.Na/c1-8(2)6(7(12)13)10(9)4(11)3-5(10)16(8,14)15;/h3,5-6H,1-2H3;/p+1/t5-,6+,10?;/m1./s1. The molecule has 2 rings (SSSR count). The maximum absolute atomic E-state index is 12.3. The molecule has 6 nitrogen and oxygen atoms in total. The molecule has 0 aromatic heterocycles. The van der Waals surface area contributed by atoms with Gasteiger partial charge in [-0.1, -0.05) is 0 Å². The van der Waals surface area contributed by atoms with Crippen LogP contribution in [0.25, 0.3) is 0 Å². The van der Waals surface area contributed by atoms with Gasteiger partial charge in [0, 0.05) is 0 Å².